The predicted octanol–water partition coefficient (Wildman–Crippen LogP) is 3.10. The fraction of sp³-hybridized carbons (Fsp3) is 0.571. The van der Waals surface area contributed by atoms with Gasteiger partial charge in [-0.2, -0.15) is 0 Å². The molecule has 80 valence electrons. The van der Waals surface area contributed by atoms with Gasteiger partial charge in [0.25, 0.3) is 0 Å². The van der Waals surface area contributed by atoms with E-state index in [-0.39, 0.29) is 0 Å². The smallest absolute Gasteiger partial charge is 0.0362 e. The maximum Gasteiger partial charge on any atom is 0.0362 e. The largest absolute Gasteiger partial charge is 0.303 e. The van der Waals surface area contributed by atoms with E-state index in [1.807, 2.05) is 0 Å². The van der Waals surface area contributed by atoms with Gasteiger partial charge >= 0.3 is 0 Å². The number of rotatable bonds is 0. The molecule has 2 aliphatic carbocycles. The molecule has 3 aliphatic rings. The second-order valence-corrected chi connectivity index (χ2v) is 4.95. The van der Waals surface area contributed by atoms with Crippen LogP contribution >= 0.6 is 0 Å². The summed E-state index contributed by atoms with van der Waals surface area (Å²) < 4.78 is 0. The Morgan fingerprint density at radius 1 is 1.27 bits per heavy atom. The van der Waals surface area contributed by atoms with Crippen LogP contribution in [0.2, 0.25) is 0 Å². The van der Waals surface area contributed by atoms with E-state index < -0.39 is 0 Å². The average molecular weight is 201 g/mol. The fourth-order valence-corrected chi connectivity index (χ4v) is 3.25. The van der Waals surface area contributed by atoms with Crippen LogP contribution in [-0.2, 0) is 0 Å². The average Bonchev–Trinajstić information content (AvgIpc) is 2.30. The molecule has 3 rings (SSSR count). The van der Waals surface area contributed by atoms with Gasteiger partial charge in [0.2, 0.25) is 0 Å². The molecule has 1 heterocycles. The Morgan fingerprint density at radius 3 is 3.13 bits per heavy atom. The van der Waals surface area contributed by atoms with Gasteiger partial charge < -0.3 is 5.32 Å². The van der Waals surface area contributed by atoms with Crippen molar-refractivity contribution in [2.45, 2.75) is 51.1 Å². The van der Waals surface area contributed by atoms with Crippen molar-refractivity contribution in [1.29, 1.82) is 0 Å². The molecule has 0 saturated heterocycles. The number of allylic oxidation sites excluding steroid dienone is 2. The Hall–Kier alpha value is -0.820. The highest BCUT2D eigenvalue weighted by atomic mass is 15.0. The summed E-state index contributed by atoms with van der Waals surface area (Å²) in [6.45, 7) is 2.33. The molecule has 0 bridgehead atoms. The van der Waals surface area contributed by atoms with Gasteiger partial charge in [0.1, 0.15) is 0 Å². The molecule has 0 amide bonds. The minimum absolute atomic E-state index is 0.599. The zero-order valence-corrected chi connectivity index (χ0v) is 9.42. The molecule has 1 aliphatic heterocycles. The number of hydrogen-bond donors (Lipinski definition) is 1. The summed E-state index contributed by atoms with van der Waals surface area (Å²) in [5.41, 5.74) is 4.83. The molecule has 1 N–H and O–H groups in total. The minimum Gasteiger partial charge on any atom is -0.303 e. The first kappa shape index (κ1) is 9.41. The monoisotopic (exact) mass is 201 g/mol. The topological polar surface area (TPSA) is 12.0 Å². The van der Waals surface area contributed by atoms with E-state index in [1.54, 1.807) is 16.7 Å². The zero-order chi connectivity index (χ0) is 10.3. The summed E-state index contributed by atoms with van der Waals surface area (Å²) in [4.78, 5) is 0. The third-order valence-electron chi connectivity index (χ3n) is 4.09. The summed E-state index contributed by atoms with van der Waals surface area (Å²) in [6, 6.07) is 1.29. The predicted molar refractivity (Wildman–Crippen MR) is 63.7 cm³/mol. The fourth-order valence-electron chi connectivity index (χ4n) is 3.25. The van der Waals surface area contributed by atoms with Crippen LogP contribution in [0.15, 0.2) is 34.9 Å². The van der Waals surface area contributed by atoms with Crippen molar-refractivity contribution in [3.8, 4) is 0 Å². The lowest BCUT2D eigenvalue weighted by Gasteiger charge is -2.39. The van der Waals surface area contributed by atoms with Crippen molar-refractivity contribution in [2.75, 3.05) is 0 Å². The molecule has 1 nitrogen and oxygen atoms in total. The van der Waals surface area contributed by atoms with Crippen LogP contribution in [0.3, 0.4) is 0 Å². The second kappa shape index (κ2) is 3.64. The maximum absolute atomic E-state index is 3.81. The van der Waals surface area contributed by atoms with E-state index in [1.165, 1.54) is 32.1 Å². The summed E-state index contributed by atoms with van der Waals surface area (Å²) >= 11 is 0. The lowest BCUT2D eigenvalue weighted by molar-refractivity contribution is 0.401. The van der Waals surface area contributed by atoms with Crippen LogP contribution in [0, 0.1) is 0 Å². The Bertz CT molecular complexity index is 360. The first-order valence-corrected chi connectivity index (χ1v) is 6.19. The third-order valence-corrected chi connectivity index (χ3v) is 4.09. The van der Waals surface area contributed by atoms with Crippen molar-refractivity contribution in [3.63, 3.8) is 0 Å². The number of hydrogen-bond acceptors (Lipinski definition) is 1. The highest BCUT2D eigenvalue weighted by Crippen LogP contribution is 2.36. The van der Waals surface area contributed by atoms with E-state index in [0.29, 0.717) is 12.1 Å². The Balaban J connectivity index is 2.01. The molecule has 1 fully saturated rings. The first-order chi connectivity index (χ1) is 7.36. The van der Waals surface area contributed by atoms with Crippen LogP contribution in [0.1, 0.15) is 39.0 Å². The Morgan fingerprint density at radius 2 is 2.20 bits per heavy atom. The van der Waals surface area contributed by atoms with Gasteiger partial charge in [0.05, 0.1) is 0 Å². The third kappa shape index (κ3) is 1.50. The van der Waals surface area contributed by atoms with Crippen molar-refractivity contribution in [2.24, 2.45) is 0 Å². The quantitative estimate of drug-likeness (QED) is 0.635. The molecule has 0 radical (unpaired) electrons. The van der Waals surface area contributed by atoms with Gasteiger partial charge in [-0.15, -0.1) is 0 Å². The summed E-state index contributed by atoms with van der Waals surface area (Å²) in [5.74, 6) is 0. The van der Waals surface area contributed by atoms with Crippen LogP contribution in [0.5, 0.6) is 0 Å². The maximum atomic E-state index is 3.81. The van der Waals surface area contributed by atoms with Crippen molar-refractivity contribution in [3.05, 3.63) is 34.9 Å². The molecule has 0 aromatic heterocycles. The van der Waals surface area contributed by atoms with E-state index >= 15 is 0 Å². The SMILES string of the molecule is CC1=C2CCCCC2NC2CC=CC=C12. The summed E-state index contributed by atoms with van der Waals surface area (Å²) in [6.07, 6.45) is 13.4. The lowest BCUT2D eigenvalue weighted by atomic mass is 9.78. The van der Waals surface area contributed by atoms with E-state index in [2.05, 4.69) is 30.5 Å². The molecule has 1 heteroatoms. The number of nitrogens with one attached hydrogen (secondary N) is 1. The highest BCUT2D eigenvalue weighted by Gasteiger charge is 2.31. The molecule has 0 aromatic rings. The van der Waals surface area contributed by atoms with Gasteiger partial charge in [-0.1, -0.05) is 30.2 Å². The van der Waals surface area contributed by atoms with Gasteiger partial charge in [-0.25, -0.2) is 0 Å². The van der Waals surface area contributed by atoms with Crippen molar-refractivity contribution in [1.82, 2.24) is 5.32 Å². The molecule has 15 heavy (non-hydrogen) atoms. The first-order valence-electron chi connectivity index (χ1n) is 6.19. The molecule has 1 saturated carbocycles. The summed E-state index contributed by atoms with van der Waals surface area (Å²) in [7, 11) is 0. The molecular weight excluding hydrogens is 182 g/mol. The van der Waals surface area contributed by atoms with Gasteiger partial charge in [0, 0.05) is 12.1 Å². The standard InChI is InChI=1S/C14H19N/c1-10-11-6-2-4-8-13(11)15-14-9-5-3-7-12(10)14/h2,4,6,13-15H,3,5,7-9H2,1H3. The minimum atomic E-state index is 0.599. The van der Waals surface area contributed by atoms with Crippen LogP contribution in [0.4, 0.5) is 0 Å². The molecule has 0 spiro atoms. The summed E-state index contributed by atoms with van der Waals surface area (Å²) in [5, 5.41) is 3.81. The lowest BCUT2D eigenvalue weighted by Crippen LogP contribution is -2.46. The van der Waals surface area contributed by atoms with Gasteiger partial charge in [-0.05, 0) is 43.8 Å². The van der Waals surface area contributed by atoms with E-state index in [4.69, 9.17) is 0 Å². The Labute approximate surface area is 91.9 Å². The van der Waals surface area contributed by atoms with Crippen LogP contribution in [0.25, 0.3) is 0 Å². The molecular formula is C14H19N. The molecule has 2 atom stereocenters. The van der Waals surface area contributed by atoms with Gasteiger partial charge in [0.15, 0.2) is 0 Å². The second-order valence-electron chi connectivity index (χ2n) is 4.95. The van der Waals surface area contributed by atoms with Gasteiger partial charge in [-0.3, -0.25) is 0 Å². The van der Waals surface area contributed by atoms with Crippen LogP contribution in [-0.4, -0.2) is 12.1 Å². The van der Waals surface area contributed by atoms with Crippen molar-refractivity contribution < 1.29 is 0 Å². The van der Waals surface area contributed by atoms with E-state index in [0.717, 1.165) is 0 Å². The zero-order valence-electron chi connectivity index (χ0n) is 9.42. The molecule has 2 unspecified atom stereocenters. The Kier molecular flexibility index (Phi) is 2.28. The van der Waals surface area contributed by atoms with Crippen LogP contribution < -0.4 is 5.32 Å². The molecule has 0 aromatic carbocycles. The number of fused-ring (bicyclic) bond motifs is 2. The van der Waals surface area contributed by atoms with Crippen molar-refractivity contribution >= 4 is 0 Å². The normalized spacial score (nSPS) is 34.6. The van der Waals surface area contributed by atoms with E-state index in [9.17, 15) is 0 Å². The highest BCUT2D eigenvalue weighted by molar-refractivity contribution is 5.46.